The normalized spacial score (nSPS) is 13.1. The second kappa shape index (κ2) is 9.53. The van der Waals surface area contributed by atoms with Crippen LogP contribution in [0.25, 0.3) is 10.9 Å². The van der Waals surface area contributed by atoms with E-state index in [2.05, 4.69) is 25.5 Å². The van der Waals surface area contributed by atoms with Crippen molar-refractivity contribution in [3.63, 3.8) is 0 Å². The number of nitrogens with zero attached hydrogens (tertiary/aromatic N) is 4. The van der Waals surface area contributed by atoms with E-state index in [1.54, 1.807) is 31.2 Å². The minimum Gasteiger partial charge on any atom is -0.342 e. The lowest BCUT2D eigenvalue weighted by atomic mass is 10.2. The van der Waals surface area contributed by atoms with Crippen LogP contribution in [0.2, 0.25) is 0 Å². The molecule has 0 bridgehead atoms. The molecule has 0 spiro atoms. The Kier molecular flexibility index (Phi) is 6.55. The number of fused-ring (bicyclic) bond motifs is 1. The van der Waals surface area contributed by atoms with Gasteiger partial charge in [-0.3, -0.25) is 9.59 Å². The third kappa shape index (κ3) is 4.65. The number of benzene rings is 2. The van der Waals surface area contributed by atoms with Crippen molar-refractivity contribution in [2.75, 3.05) is 0 Å². The maximum absolute atomic E-state index is 13.9. The molecular formula is C23H23FN6O2S. The van der Waals surface area contributed by atoms with Crippen LogP contribution in [0.1, 0.15) is 54.1 Å². The number of carbonyl (C=O) groups is 1. The Balaban J connectivity index is 1.54. The van der Waals surface area contributed by atoms with Crippen molar-refractivity contribution in [2.45, 2.75) is 43.8 Å². The van der Waals surface area contributed by atoms with Crippen LogP contribution in [0.3, 0.4) is 0 Å². The summed E-state index contributed by atoms with van der Waals surface area (Å²) >= 11 is 1.41. The van der Waals surface area contributed by atoms with Crippen LogP contribution in [0.5, 0.6) is 0 Å². The quantitative estimate of drug-likeness (QED) is 0.399. The molecular weight excluding hydrogens is 443 g/mol. The fourth-order valence-electron chi connectivity index (χ4n) is 3.50. The van der Waals surface area contributed by atoms with Gasteiger partial charge < -0.3 is 14.9 Å². The summed E-state index contributed by atoms with van der Waals surface area (Å²) in [5, 5.41) is 12.3. The first kappa shape index (κ1) is 22.7. The number of halogens is 1. The maximum atomic E-state index is 13.9. The third-order valence-corrected chi connectivity index (χ3v) is 6.30. The van der Waals surface area contributed by atoms with Gasteiger partial charge in [-0.05, 0) is 45.0 Å². The van der Waals surface area contributed by atoms with E-state index in [0.29, 0.717) is 34.3 Å². The predicted molar refractivity (Wildman–Crippen MR) is 125 cm³/mol. The molecule has 33 heavy (non-hydrogen) atoms. The average molecular weight is 467 g/mol. The SMILES string of the molecule is CCn1c(SC(C)c2nc3ccccc3c(=O)[nH]2)nnc1C(C)NC(=O)c1ccccc1F. The molecule has 4 aromatic rings. The first-order chi connectivity index (χ1) is 15.9. The van der Waals surface area contributed by atoms with Crippen molar-refractivity contribution in [3.8, 4) is 0 Å². The Labute approximate surface area is 193 Å². The Morgan fingerprint density at radius 1 is 1.15 bits per heavy atom. The lowest BCUT2D eigenvalue weighted by molar-refractivity contribution is 0.0933. The lowest BCUT2D eigenvalue weighted by Gasteiger charge is -2.16. The topological polar surface area (TPSA) is 106 Å². The molecule has 0 saturated heterocycles. The molecule has 0 radical (unpaired) electrons. The summed E-state index contributed by atoms with van der Waals surface area (Å²) in [6, 6.07) is 12.5. The minimum atomic E-state index is -0.582. The molecule has 1 amide bonds. The van der Waals surface area contributed by atoms with E-state index in [1.807, 2.05) is 24.5 Å². The molecule has 8 nitrogen and oxygen atoms in total. The average Bonchev–Trinajstić information content (AvgIpc) is 3.21. The van der Waals surface area contributed by atoms with Crippen LogP contribution in [-0.2, 0) is 6.54 Å². The van der Waals surface area contributed by atoms with E-state index in [1.165, 1.54) is 30.0 Å². The molecule has 2 N–H and O–H groups in total. The maximum Gasteiger partial charge on any atom is 0.258 e. The highest BCUT2D eigenvalue weighted by Gasteiger charge is 2.23. The number of rotatable bonds is 7. The molecule has 0 fully saturated rings. The van der Waals surface area contributed by atoms with Crippen molar-refractivity contribution < 1.29 is 9.18 Å². The number of aromatic amines is 1. The highest BCUT2D eigenvalue weighted by atomic mass is 32.2. The number of amides is 1. The van der Waals surface area contributed by atoms with Crippen molar-refractivity contribution >= 4 is 28.6 Å². The van der Waals surface area contributed by atoms with E-state index in [0.717, 1.165) is 0 Å². The summed E-state index contributed by atoms with van der Waals surface area (Å²) in [5.74, 6) is -0.0125. The van der Waals surface area contributed by atoms with Gasteiger partial charge >= 0.3 is 0 Å². The fraction of sp³-hybridized carbons (Fsp3) is 0.261. The van der Waals surface area contributed by atoms with E-state index in [4.69, 9.17) is 0 Å². The summed E-state index contributed by atoms with van der Waals surface area (Å²) in [4.78, 5) is 32.3. The second-order valence-corrected chi connectivity index (χ2v) is 8.80. The number of para-hydroxylation sites is 1. The van der Waals surface area contributed by atoms with E-state index in [9.17, 15) is 14.0 Å². The van der Waals surface area contributed by atoms with Gasteiger partial charge in [0, 0.05) is 6.54 Å². The first-order valence-corrected chi connectivity index (χ1v) is 11.4. The van der Waals surface area contributed by atoms with Gasteiger partial charge in [-0.25, -0.2) is 9.37 Å². The molecule has 2 unspecified atom stereocenters. The molecule has 4 rings (SSSR count). The van der Waals surface area contributed by atoms with Gasteiger partial charge in [-0.1, -0.05) is 36.0 Å². The number of carbonyl (C=O) groups excluding carboxylic acids is 1. The summed E-state index contributed by atoms with van der Waals surface area (Å²) in [6.07, 6.45) is 0. The van der Waals surface area contributed by atoms with E-state index >= 15 is 0 Å². The zero-order valence-electron chi connectivity index (χ0n) is 18.4. The standard InChI is InChI=1S/C23H23FN6O2S/c1-4-30-20(13(2)25-21(31)15-9-5-7-11-17(15)24)28-29-23(30)33-14(3)19-26-18-12-8-6-10-16(18)22(32)27-19/h5-14H,4H2,1-3H3,(H,25,31)(H,26,27,32). The van der Waals surface area contributed by atoms with Crippen molar-refractivity contribution in [2.24, 2.45) is 0 Å². The van der Waals surface area contributed by atoms with Crippen LogP contribution in [-0.4, -0.2) is 30.6 Å². The summed E-state index contributed by atoms with van der Waals surface area (Å²) < 4.78 is 15.8. The second-order valence-electron chi connectivity index (χ2n) is 7.49. The number of aromatic nitrogens is 5. The number of hydrogen-bond acceptors (Lipinski definition) is 6. The van der Waals surface area contributed by atoms with Crippen LogP contribution in [0, 0.1) is 5.82 Å². The zero-order valence-corrected chi connectivity index (χ0v) is 19.2. The highest BCUT2D eigenvalue weighted by molar-refractivity contribution is 7.99. The Hall–Kier alpha value is -3.53. The van der Waals surface area contributed by atoms with Gasteiger partial charge in [0.2, 0.25) is 0 Å². The number of thioether (sulfide) groups is 1. The van der Waals surface area contributed by atoms with E-state index in [-0.39, 0.29) is 16.4 Å². The molecule has 0 saturated carbocycles. The molecule has 0 aliphatic rings. The van der Waals surface area contributed by atoms with Crippen molar-refractivity contribution in [1.29, 1.82) is 0 Å². The smallest absolute Gasteiger partial charge is 0.258 e. The number of H-pyrrole nitrogens is 1. The molecule has 2 atom stereocenters. The summed E-state index contributed by atoms with van der Waals surface area (Å²) in [6.45, 7) is 6.22. The van der Waals surface area contributed by atoms with Crippen LogP contribution in [0.15, 0.2) is 58.5 Å². The third-order valence-electron chi connectivity index (χ3n) is 5.21. The highest BCUT2D eigenvalue weighted by Crippen LogP contribution is 2.33. The predicted octanol–water partition coefficient (Wildman–Crippen LogP) is 4.02. The molecule has 10 heteroatoms. The fourth-order valence-corrected chi connectivity index (χ4v) is 4.48. The number of nitrogens with one attached hydrogen (secondary N) is 2. The van der Waals surface area contributed by atoms with Crippen LogP contribution < -0.4 is 10.9 Å². The van der Waals surface area contributed by atoms with E-state index < -0.39 is 17.8 Å². The Morgan fingerprint density at radius 2 is 1.88 bits per heavy atom. The molecule has 170 valence electrons. The summed E-state index contributed by atoms with van der Waals surface area (Å²) in [7, 11) is 0. The van der Waals surface area contributed by atoms with Gasteiger partial charge in [-0.15, -0.1) is 10.2 Å². The molecule has 0 aliphatic heterocycles. The van der Waals surface area contributed by atoms with Crippen LogP contribution >= 0.6 is 11.8 Å². The van der Waals surface area contributed by atoms with Crippen molar-refractivity contribution in [1.82, 2.24) is 30.0 Å². The van der Waals surface area contributed by atoms with Gasteiger partial charge in [0.1, 0.15) is 11.6 Å². The Morgan fingerprint density at radius 3 is 2.64 bits per heavy atom. The molecule has 0 aliphatic carbocycles. The molecule has 2 aromatic heterocycles. The molecule has 2 heterocycles. The molecule has 2 aromatic carbocycles. The van der Waals surface area contributed by atoms with Crippen LogP contribution in [0.4, 0.5) is 4.39 Å². The first-order valence-electron chi connectivity index (χ1n) is 10.5. The van der Waals surface area contributed by atoms with Crippen molar-refractivity contribution in [3.05, 3.63) is 81.9 Å². The van der Waals surface area contributed by atoms with Gasteiger partial charge in [0.15, 0.2) is 11.0 Å². The monoisotopic (exact) mass is 466 g/mol. The largest absolute Gasteiger partial charge is 0.342 e. The lowest BCUT2D eigenvalue weighted by Crippen LogP contribution is -2.29. The Bertz CT molecular complexity index is 1370. The van der Waals surface area contributed by atoms with Gasteiger partial charge in [0.25, 0.3) is 11.5 Å². The minimum absolute atomic E-state index is 0.0264. The summed E-state index contributed by atoms with van der Waals surface area (Å²) in [5.41, 5.74) is 0.414. The number of hydrogen-bond donors (Lipinski definition) is 2. The van der Waals surface area contributed by atoms with Gasteiger partial charge in [-0.2, -0.15) is 0 Å². The zero-order chi connectivity index (χ0) is 23.5. The van der Waals surface area contributed by atoms with Gasteiger partial charge in [0.05, 0.1) is 27.8 Å².